The van der Waals surface area contributed by atoms with Crippen molar-refractivity contribution < 1.29 is 13.9 Å². The van der Waals surface area contributed by atoms with Crippen LogP contribution in [0.15, 0.2) is 65.3 Å². The van der Waals surface area contributed by atoms with Gasteiger partial charge >= 0.3 is 5.97 Å². The third-order valence-electron chi connectivity index (χ3n) is 3.38. The summed E-state index contributed by atoms with van der Waals surface area (Å²) >= 11 is 0. The molecule has 0 atom stereocenters. The van der Waals surface area contributed by atoms with Crippen molar-refractivity contribution in [3.8, 4) is 22.7 Å². The molecule has 2 aromatic carbocycles. The van der Waals surface area contributed by atoms with E-state index < -0.39 is 0 Å². The Labute approximate surface area is 128 Å². The van der Waals surface area contributed by atoms with Gasteiger partial charge in [-0.25, -0.2) is 4.98 Å². The summed E-state index contributed by atoms with van der Waals surface area (Å²) in [4.78, 5) is 16.0. The number of oxazole rings is 1. The fourth-order valence-corrected chi connectivity index (χ4v) is 2.25. The lowest BCUT2D eigenvalue weighted by molar-refractivity contribution is -0.139. The van der Waals surface area contributed by atoms with Crippen molar-refractivity contribution >= 4 is 5.97 Å². The lowest BCUT2D eigenvalue weighted by Gasteiger charge is -2.04. The zero-order chi connectivity index (χ0) is 15.4. The summed E-state index contributed by atoms with van der Waals surface area (Å²) < 4.78 is 10.3. The molecule has 0 unspecified atom stereocenters. The Balaban J connectivity index is 1.95. The first-order chi connectivity index (χ1) is 10.8. The number of methoxy groups -OCH3 is 1. The van der Waals surface area contributed by atoms with E-state index in [9.17, 15) is 4.79 Å². The minimum absolute atomic E-state index is 0.190. The molecule has 4 heteroatoms. The Hall–Kier alpha value is -2.88. The van der Waals surface area contributed by atoms with Crippen LogP contribution in [0, 0.1) is 0 Å². The van der Waals surface area contributed by atoms with Gasteiger partial charge in [0.25, 0.3) is 0 Å². The number of carbonyl (C=O) groups is 1. The molecule has 1 aromatic heterocycles. The van der Waals surface area contributed by atoms with Crippen LogP contribution in [0.25, 0.3) is 22.7 Å². The zero-order valence-electron chi connectivity index (χ0n) is 12.2. The van der Waals surface area contributed by atoms with E-state index in [2.05, 4.69) is 4.98 Å². The lowest BCUT2D eigenvalue weighted by atomic mass is 10.0. The monoisotopic (exact) mass is 293 g/mol. The van der Waals surface area contributed by atoms with E-state index in [1.807, 2.05) is 54.6 Å². The molecule has 0 saturated heterocycles. The highest BCUT2D eigenvalue weighted by Crippen LogP contribution is 2.27. The van der Waals surface area contributed by atoms with Crippen molar-refractivity contribution in [3.63, 3.8) is 0 Å². The van der Waals surface area contributed by atoms with E-state index >= 15 is 0 Å². The molecule has 110 valence electrons. The number of hydrogen-bond donors (Lipinski definition) is 0. The van der Waals surface area contributed by atoms with Crippen LogP contribution in [0.3, 0.4) is 0 Å². The average Bonchev–Trinajstić information content (AvgIpc) is 3.06. The maximum absolute atomic E-state index is 11.5. The zero-order valence-corrected chi connectivity index (χ0v) is 12.2. The summed E-state index contributed by atoms with van der Waals surface area (Å²) in [7, 11) is 1.38. The first kappa shape index (κ1) is 14.1. The van der Waals surface area contributed by atoms with E-state index in [0.717, 1.165) is 22.4 Å². The number of nitrogens with zero attached hydrogens (tertiary/aromatic N) is 1. The molecule has 4 nitrogen and oxygen atoms in total. The van der Waals surface area contributed by atoms with E-state index in [4.69, 9.17) is 9.15 Å². The summed E-state index contributed by atoms with van der Waals surface area (Å²) in [5.41, 5.74) is 3.39. The molecule has 0 bridgehead atoms. The minimum atomic E-state index is -0.290. The summed E-state index contributed by atoms with van der Waals surface area (Å²) in [6.45, 7) is 0. The van der Waals surface area contributed by atoms with Crippen LogP contribution in [-0.2, 0) is 16.0 Å². The molecule has 0 N–H and O–H groups in total. The molecular weight excluding hydrogens is 278 g/mol. The Kier molecular flexibility index (Phi) is 4.01. The number of ether oxygens (including phenoxy) is 1. The van der Waals surface area contributed by atoms with Crippen molar-refractivity contribution in [1.29, 1.82) is 0 Å². The minimum Gasteiger partial charge on any atom is -0.469 e. The van der Waals surface area contributed by atoms with E-state index in [-0.39, 0.29) is 12.4 Å². The van der Waals surface area contributed by atoms with Gasteiger partial charge in [-0.3, -0.25) is 4.79 Å². The molecular formula is C18H15NO3. The van der Waals surface area contributed by atoms with Crippen molar-refractivity contribution in [3.05, 3.63) is 66.4 Å². The molecule has 3 rings (SSSR count). The molecule has 0 radical (unpaired) electrons. The van der Waals surface area contributed by atoms with Crippen molar-refractivity contribution in [2.75, 3.05) is 7.11 Å². The Morgan fingerprint density at radius 1 is 1.09 bits per heavy atom. The van der Waals surface area contributed by atoms with Crippen molar-refractivity contribution in [2.45, 2.75) is 6.42 Å². The van der Waals surface area contributed by atoms with Gasteiger partial charge < -0.3 is 9.15 Å². The Morgan fingerprint density at radius 2 is 1.82 bits per heavy atom. The van der Waals surface area contributed by atoms with Crippen LogP contribution in [0.4, 0.5) is 0 Å². The molecule has 0 spiro atoms. The normalized spacial score (nSPS) is 10.4. The first-order valence-corrected chi connectivity index (χ1v) is 6.94. The summed E-state index contributed by atoms with van der Waals surface area (Å²) in [6, 6.07) is 17.3. The molecule has 0 fully saturated rings. The van der Waals surface area contributed by atoms with E-state index in [0.29, 0.717) is 5.89 Å². The molecule has 0 aliphatic carbocycles. The maximum Gasteiger partial charge on any atom is 0.310 e. The number of rotatable bonds is 4. The van der Waals surface area contributed by atoms with Gasteiger partial charge in [0.2, 0.25) is 5.89 Å². The largest absolute Gasteiger partial charge is 0.469 e. The smallest absolute Gasteiger partial charge is 0.310 e. The highest BCUT2D eigenvalue weighted by Gasteiger charge is 2.14. The fraction of sp³-hybridized carbons (Fsp3) is 0.111. The SMILES string of the molecule is COC(=O)Cc1ccccc1-c1nc(-c2ccccc2)co1. The predicted molar refractivity (Wildman–Crippen MR) is 83.1 cm³/mol. The molecule has 3 aromatic rings. The molecule has 0 saturated carbocycles. The number of carbonyl (C=O) groups excluding carboxylic acids is 1. The van der Waals surface area contributed by atoms with Gasteiger partial charge in [-0.2, -0.15) is 0 Å². The van der Waals surface area contributed by atoms with Gasteiger partial charge in [0.15, 0.2) is 0 Å². The van der Waals surface area contributed by atoms with Crippen LogP contribution < -0.4 is 0 Å². The fourth-order valence-electron chi connectivity index (χ4n) is 2.25. The molecule has 0 aliphatic heterocycles. The highest BCUT2D eigenvalue weighted by molar-refractivity contribution is 5.76. The van der Waals surface area contributed by atoms with Crippen molar-refractivity contribution in [1.82, 2.24) is 4.98 Å². The second-order valence-corrected chi connectivity index (χ2v) is 4.81. The third kappa shape index (κ3) is 2.91. The standard InChI is InChI=1S/C18H15NO3/c1-21-17(20)11-14-9-5-6-10-15(14)18-19-16(12-22-18)13-7-3-2-4-8-13/h2-10,12H,11H2,1H3. The van der Waals surface area contributed by atoms with Gasteiger partial charge in [0.1, 0.15) is 12.0 Å². The summed E-state index contributed by atoms with van der Waals surface area (Å²) in [6.07, 6.45) is 1.81. The number of hydrogen-bond acceptors (Lipinski definition) is 4. The molecule has 22 heavy (non-hydrogen) atoms. The Morgan fingerprint density at radius 3 is 2.59 bits per heavy atom. The third-order valence-corrected chi connectivity index (χ3v) is 3.38. The van der Waals surface area contributed by atoms with E-state index in [1.54, 1.807) is 6.26 Å². The van der Waals surface area contributed by atoms with Gasteiger partial charge in [0, 0.05) is 11.1 Å². The summed E-state index contributed by atoms with van der Waals surface area (Å²) in [5, 5.41) is 0. The topological polar surface area (TPSA) is 52.3 Å². The van der Waals surface area contributed by atoms with Crippen LogP contribution in [-0.4, -0.2) is 18.1 Å². The second kappa shape index (κ2) is 6.26. The second-order valence-electron chi connectivity index (χ2n) is 4.81. The highest BCUT2D eigenvalue weighted by atomic mass is 16.5. The molecule has 0 amide bonds. The van der Waals surface area contributed by atoms with E-state index in [1.165, 1.54) is 7.11 Å². The predicted octanol–water partition coefficient (Wildman–Crippen LogP) is 3.72. The van der Waals surface area contributed by atoms with Gasteiger partial charge in [0.05, 0.1) is 13.5 Å². The first-order valence-electron chi connectivity index (χ1n) is 6.94. The Bertz CT molecular complexity index is 778. The van der Waals surface area contributed by atoms with Crippen LogP contribution in [0.5, 0.6) is 0 Å². The van der Waals surface area contributed by atoms with Crippen LogP contribution >= 0.6 is 0 Å². The van der Waals surface area contributed by atoms with Crippen LogP contribution in [0.1, 0.15) is 5.56 Å². The van der Waals surface area contributed by atoms with Gasteiger partial charge in [-0.05, 0) is 11.6 Å². The number of benzene rings is 2. The lowest BCUT2D eigenvalue weighted by Crippen LogP contribution is -2.05. The van der Waals surface area contributed by atoms with Crippen LogP contribution in [0.2, 0.25) is 0 Å². The molecule has 0 aliphatic rings. The summed E-state index contributed by atoms with van der Waals surface area (Å²) in [5.74, 6) is 0.209. The quantitative estimate of drug-likeness (QED) is 0.688. The average molecular weight is 293 g/mol. The number of aromatic nitrogens is 1. The maximum atomic E-state index is 11.5. The van der Waals surface area contributed by atoms with Crippen molar-refractivity contribution in [2.24, 2.45) is 0 Å². The van der Waals surface area contributed by atoms with Gasteiger partial charge in [-0.1, -0.05) is 48.5 Å². The molecule has 1 heterocycles. The number of esters is 1. The van der Waals surface area contributed by atoms with Gasteiger partial charge in [-0.15, -0.1) is 0 Å².